The van der Waals surface area contributed by atoms with E-state index < -0.39 is 6.16 Å². The number of hydrogen-bond acceptors (Lipinski definition) is 6. The highest BCUT2D eigenvalue weighted by Crippen LogP contribution is 2.54. The number of unbranched alkanes of at least 4 members (excludes halogenated alkanes) is 6. The van der Waals surface area contributed by atoms with Crippen LogP contribution in [0, 0.1) is 0 Å². The molecule has 1 aromatic rings. The van der Waals surface area contributed by atoms with E-state index in [1.807, 2.05) is 20.8 Å². The summed E-state index contributed by atoms with van der Waals surface area (Å²) in [6.45, 7) is 9.30. The monoisotopic (exact) mass is 454 g/mol. The zero-order valence-corrected chi connectivity index (χ0v) is 20.3. The van der Waals surface area contributed by atoms with E-state index in [0.29, 0.717) is 49.7 Å². The number of rotatable bonds is 18. The SMILES string of the molecule is CCCCCCCCCc1c(OC(=O)O)c(O)c(OCCC)c(OCCC)c1OCCC. The molecule has 0 atom stereocenters. The van der Waals surface area contributed by atoms with E-state index in [4.69, 9.17) is 18.9 Å². The van der Waals surface area contributed by atoms with Gasteiger partial charge in [-0.05, 0) is 32.1 Å². The fourth-order valence-corrected chi connectivity index (χ4v) is 3.41. The Morgan fingerprint density at radius 1 is 0.656 bits per heavy atom. The van der Waals surface area contributed by atoms with Crippen LogP contribution in [0.2, 0.25) is 0 Å². The smallest absolute Gasteiger partial charge is 0.502 e. The number of benzene rings is 1. The molecule has 0 fully saturated rings. The van der Waals surface area contributed by atoms with Gasteiger partial charge in [-0.1, -0.05) is 66.2 Å². The van der Waals surface area contributed by atoms with Crippen LogP contribution in [0.1, 0.15) is 97.5 Å². The Kier molecular flexibility index (Phi) is 14.2. The summed E-state index contributed by atoms with van der Waals surface area (Å²) in [7, 11) is 0. The van der Waals surface area contributed by atoms with Gasteiger partial charge < -0.3 is 29.2 Å². The van der Waals surface area contributed by atoms with E-state index in [9.17, 15) is 15.0 Å². The van der Waals surface area contributed by atoms with Crippen molar-refractivity contribution in [2.75, 3.05) is 19.8 Å². The average molecular weight is 455 g/mol. The molecule has 0 aliphatic heterocycles. The van der Waals surface area contributed by atoms with Gasteiger partial charge >= 0.3 is 6.16 Å². The van der Waals surface area contributed by atoms with Gasteiger partial charge in [0.2, 0.25) is 17.2 Å². The summed E-state index contributed by atoms with van der Waals surface area (Å²) >= 11 is 0. The maximum atomic E-state index is 11.4. The Morgan fingerprint density at radius 3 is 1.69 bits per heavy atom. The van der Waals surface area contributed by atoms with Gasteiger partial charge in [0.15, 0.2) is 11.5 Å². The number of phenols is 1. The normalized spacial score (nSPS) is 10.8. The molecule has 0 aromatic heterocycles. The maximum absolute atomic E-state index is 11.4. The number of aromatic hydroxyl groups is 1. The summed E-state index contributed by atoms with van der Waals surface area (Å²) < 4.78 is 22.8. The molecule has 0 bridgehead atoms. The summed E-state index contributed by atoms with van der Waals surface area (Å²) in [4.78, 5) is 11.4. The first-order valence-electron chi connectivity index (χ1n) is 12.2. The first kappa shape index (κ1) is 27.7. The maximum Gasteiger partial charge on any atom is 0.511 e. The van der Waals surface area contributed by atoms with Crippen LogP contribution < -0.4 is 18.9 Å². The van der Waals surface area contributed by atoms with Crippen molar-refractivity contribution in [1.29, 1.82) is 0 Å². The van der Waals surface area contributed by atoms with Gasteiger partial charge in [-0.25, -0.2) is 4.79 Å². The van der Waals surface area contributed by atoms with Crippen molar-refractivity contribution in [3.63, 3.8) is 0 Å². The van der Waals surface area contributed by atoms with E-state index in [2.05, 4.69) is 6.92 Å². The third kappa shape index (κ3) is 9.05. The van der Waals surface area contributed by atoms with Gasteiger partial charge in [-0.15, -0.1) is 0 Å². The molecule has 7 heteroatoms. The number of phenolic OH excluding ortho intramolecular Hbond substituents is 1. The lowest BCUT2D eigenvalue weighted by Crippen LogP contribution is -2.12. The molecule has 0 saturated carbocycles. The van der Waals surface area contributed by atoms with Crippen molar-refractivity contribution >= 4 is 6.16 Å². The summed E-state index contributed by atoms with van der Waals surface area (Å²) in [6.07, 6.45) is 9.08. The highest BCUT2D eigenvalue weighted by Gasteiger charge is 2.30. The number of ether oxygens (including phenoxy) is 4. The molecule has 0 unspecified atom stereocenters. The molecule has 1 aromatic carbocycles. The second kappa shape index (κ2) is 16.3. The molecule has 7 nitrogen and oxygen atoms in total. The summed E-state index contributed by atoms with van der Waals surface area (Å²) in [5.41, 5.74) is 0.516. The van der Waals surface area contributed by atoms with Crippen molar-refractivity contribution in [2.24, 2.45) is 0 Å². The lowest BCUT2D eigenvalue weighted by atomic mass is 10.0. The van der Waals surface area contributed by atoms with Gasteiger partial charge in [0.25, 0.3) is 0 Å². The molecule has 0 saturated heterocycles. The van der Waals surface area contributed by atoms with E-state index in [-0.39, 0.29) is 17.2 Å². The Bertz CT molecular complexity index is 673. The molecule has 0 radical (unpaired) electrons. The van der Waals surface area contributed by atoms with Gasteiger partial charge in [-0.3, -0.25) is 0 Å². The van der Waals surface area contributed by atoms with Crippen molar-refractivity contribution in [3.8, 4) is 28.7 Å². The second-order valence-electron chi connectivity index (χ2n) is 7.93. The van der Waals surface area contributed by atoms with E-state index in [1.54, 1.807) is 0 Å². The van der Waals surface area contributed by atoms with E-state index in [1.165, 1.54) is 25.7 Å². The average Bonchev–Trinajstić information content (AvgIpc) is 2.77. The van der Waals surface area contributed by atoms with Crippen LogP contribution in [0.15, 0.2) is 0 Å². The molecule has 0 amide bonds. The first-order valence-corrected chi connectivity index (χ1v) is 12.2. The molecule has 32 heavy (non-hydrogen) atoms. The predicted octanol–water partition coefficient (Wildman–Crippen LogP) is 7.11. The second-order valence-corrected chi connectivity index (χ2v) is 7.93. The van der Waals surface area contributed by atoms with Crippen LogP contribution >= 0.6 is 0 Å². The minimum Gasteiger partial charge on any atom is -0.502 e. The molecule has 0 heterocycles. The van der Waals surface area contributed by atoms with Crippen molar-refractivity contribution in [3.05, 3.63) is 5.56 Å². The Labute approximate surface area is 193 Å². The largest absolute Gasteiger partial charge is 0.511 e. The Balaban J connectivity index is 3.34. The van der Waals surface area contributed by atoms with Crippen molar-refractivity contribution in [2.45, 2.75) is 98.3 Å². The minimum absolute atomic E-state index is 0.0750. The Hall–Kier alpha value is -2.31. The van der Waals surface area contributed by atoms with E-state index >= 15 is 0 Å². The zero-order valence-electron chi connectivity index (χ0n) is 20.3. The quantitative estimate of drug-likeness (QED) is 0.139. The van der Waals surface area contributed by atoms with Gasteiger partial charge in [-0.2, -0.15) is 0 Å². The standard InChI is InChI=1S/C25H42O7/c1-5-9-10-11-12-13-14-15-19-21(32-25(27)28)20(26)23(30-17-7-3)24(31-18-8-4)22(19)29-16-6-2/h26H,5-18H2,1-4H3,(H,27,28). The number of hydrogen-bond donors (Lipinski definition) is 2. The lowest BCUT2D eigenvalue weighted by molar-refractivity contribution is 0.141. The predicted molar refractivity (Wildman–Crippen MR) is 126 cm³/mol. The molecular weight excluding hydrogens is 412 g/mol. The van der Waals surface area contributed by atoms with Crippen molar-refractivity contribution < 1.29 is 34.0 Å². The topological polar surface area (TPSA) is 94.5 Å². The van der Waals surface area contributed by atoms with Gasteiger partial charge in [0.1, 0.15) is 0 Å². The van der Waals surface area contributed by atoms with Gasteiger partial charge in [0.05, 0.1) is 19.8 Å². The van der Waals surface area contributed by atoms with Crippen molar-refractivity contribution in [1.82, 2.24) is 0 Å². The van der Waals surface area contributed by atoms with Crippen LogP contribution in [0.3, 0.4) is 0 Å². The molecule has 184 valence electrons. The molecule has 2 N–H and O–H groups in total. The fraction of sp³-hybridized carbons (Fsp3) is 0.720. The summed E-state index contributed by atoms with van der Waals surface area (Å²) in [6, 6.07) is 0. The Morgan fingerprint density at radius 2 is 1.16 bits per heavy atom. The summed E-state index contributed by atoms with van der Waals surface area (Å²) in [5, 5.41) is 20.2. The van der Waals surface area contributed by atoms with Crippen LogP contribution in [-0.2, 0) is 6.42 Å². The molecule has 0 aliphatic carbocycles. The van der Waals surface area contributed by atoms with Gasteiger partial charge in [0, 0.05) is 5.56 Å². The lowest BCUT2D eigenvalue weighted by Gasteiger charge is -2.23. The molecule has 0 spiro atoms. The van der Waals surface area contributed by atoms with Crippen LogP contribution in [0.25, 0.3) is 0 Å². The third-order valence-corrected chi connectivity index (χ3v) is 4.96. The summed E-state index contributed by atoms with van der Waals surface area (Å²) in [5.74, 6) is 0.331. The number of carboxylic acid groups (broad SMARTS) is 1. The number of carbonyl (C=O) groups is 1. The molecule has 1 rings (SSSR count). The highest BCUT2D eigenvalue weighted by atomic mass is 16.7. The van der Waals surface area contributed by atoms with Crippen LogP contribution in [0.4, 0.5) is 4.79 Å². The van der Waals surface area contributed by atoms with Crippen LogP contribution in [0.5, 0.6) is 28.7 Å². The highest BCUT2D eigenvalue weighted by molar-refractivity contribution is 5.73. The first-order chi connectivity index (χ1) is 15.5. The molecular formula is C25H42O7. The third-order valence-electron chi connectivity index (χ3n) is 4.96. The minimum atomic E-state index is -1.49. The zero-order chi connectivity index (χ0) is 23.8. The van der Waals surface area contributed by atoms with Crippen LogP contribution in [-0.4, -0.2) is 36.2 Å². The molecule has 0 aliphatic rings. The fourth-order valence-electron chi connectivity index (χ4n) is 3.41. The van der Waals surface area contributed by atoms with E-state index in [0.717, 1.165) is 32.1 Å².